The number of furan rings is 1. The maximum absolute atomic E-state index is 5.88. The first-order chi connectivity index (χ1) is 9.00. The van der Waals surface area contributed by atoms with Gasteiger partial charge in [-0.05, 0) is 57.8 Å². The van der Waals surface area contributed by atoms with Crippen molar-refractivity contribution in [3.8, 4) is 0 Å². The summed E-state index contributed by atoms with van der Waals surface area (Å²) in [6.07, 6.45) is 3.93. The number of hydrogen-bond acceptors (Lipinski definition) is 3. The third-order valence-corrected chi connectivity index (χ3v) is 4.25. The molecule has 3 nitrogen and oxygen atoms in total. The lowest BCUT2D eigenvalue weighted by atomic mass is 9.85. The van der Waals surface area contributed by atoms with Crippen LogP contribution in [0.15, 0.2) is 10.5 Å². The number of nitrogens with zero attached hydrogens (tertiary/aromatic N) is 1. The van der Waals surface area contributed by atoms with Gasteiger partial charge in [0.25, 0.3) is 0 Å². The summed E-state index contributed by atoms with van der Waals surface area (Å²) in [4.78, 5) is 2.54. The fourth-order valence-corrected chi connectivity index (χ4v) is 2.89. The van der Waals surface area contributed by atoms with Crippen molar-refractivity contribution in [1.82, 2.24) is 10.2 Å². The van der Waals surface area contributed by atoms with Crippen molar-refractivity contribution in [2.24, 2.45) is 5.41 Å². The molecule has 1 aromatic rings. The molecule has 19 heavy (non-hydrogen) atoms. The predicted octanol–water partition coefficient (Wildman–Crippen LogP) is 3.32. The van der Waals surface area contributed by atoms with E-state index in [2.05, 4.69) is 37.1 Å². The summed E-state index contributed by atoms with van der Waals surface area (Å²) in [5, 5.41) is 3.19. The number of aryl methyl sites for hydroxylation is 1. The van der Waals surface area contributed by atoms with E-state index < -0.39 is 0 Å². The summed E-state index contributed by atoms with van der Waals surface area (Å²) >= 11 is 0. The highest BCUT2D eigenvalue weighted by Crippen LogP contribution is 2.30. The molecule has 2 heterocycles. The molecule has 0 spiro atoms. The van der Waals surface area contributed by atoms with Gasteiger partial charge in [-0.2, -0.15) is 0 Å². The zero-order valence-electron chi connectivity index (χ0n) is 12.9. The Balaban J connectivity index is 1.95. The molecular formula is C16H28N2O. The first kappa shape index (κ1) is 14.6. The lowest BCUT2D eigenvalue weighted by Crippen LogP contribution is -2.24. The third kappa shape index (κ3) is 4.08. The van der Waals surface area contributed by atoms with Gasteiger partial charge in [-0.3, -0.25) is 4.90 Å². The maximum Gasteiger partial charge on any atom is 0.118 e. The Bertz CT molecular complexity index is 409. The molecule has 0 amide bonds. The fraction of sp³-hybridized carbons (Fsp3) is 0.750. The fourth-order valence-electron chi connectivity index (χ4n) is 2.89. The number of hydrogen-bond donors (Lipinski definition) is 1. The predicted molar refractivity (Wildman–Crippen MR) is 79.1 cm³/mol. The molecule has 1 aromatic heterocycles. The van der Waals surface area contributed by atoms with E-state index in [0.717, 1.165) is 24.6 Å². The summed E-state index contributed by atoms with van der Waals surface area (Å²) in [5.74, 6) is 2.17. The van der Waals surface area contributed by atoms with E-state index in [1.165, 1.54) is 37.9 Å². The van der Waals surface area contributed by atoms with Gasteiger partial charge in [0, 0.05) is 12.1 Å². The summed E-state index contributed by atoms with van der Waals surface area (Å²) in [7, 11) is 1.98. The lowest BCUT2D eigenvalue weighted by Gasteiger charge is -2.22. The Morgan fingerprint density at radius 2 is 2.11 bits per heavy atom. The number of nitrogens with one attached hydrogen (secondary N) is 1. The molecule has 108 valence electrons. The van der Waals surface area contributed by atoms with Gasteiger partial charge >= 0.3 is 0 Å². The van der Waals surface area contributed by atoms with Gasteiger partial charge in [0.1, 0.15) is 11.5 Å². The van der Waals surface area contributed by atoms with Gasteiger partial charge in [0.05, 0.1) is 6.54 Å². The molecule has 1 aliphatic rings. The van der Waals surface area contributed by atoms with Crippen LogP contribution in [-0.4, -0.2) is 25.0 Å². The first-order valence-electron chi connectivity index (χ1n) is 7.45. The van der Waals surface area contributed by atoms with E-state index in [1.807, 2.05) is 7.05 Å². The van der Waals surface area contributed by atoms with Crippen LogP contribution in [0.5, 0.6) is 0 Å². The van der Waals surface area contributed by atoms with E-state index in [4.69, 9.17) is 4.42 Å². The van der Waals surface area contributed by atoms with E-state index in [1.54, 1.807) is 0 Å². The molecule has 1 N–H and O–H groups in total. The van der Waals surface area contributed by atoms with Crippen molar-refractivity contribution in [1.29, 1.82) is 0 Å². The van der Waals surface area contributed by atoms with Crippen molar-refractivity contribution in [2.45, 2.75) is 53.1 Å². The minimum Gasteiger partial charge on any atom is -0.465 e. The third-order valence-electron chi connectivity index (χ3n) is 4.25. The highest BCUT2D eigenvalue weighted by molar-refractivity contribution is 5.20. The molecule has 0 aliphatic carbocycles. The Morgan fingerprint density at radius 1 is 1.32 bits per heavy atom. The van der Waals surface area contributed by atoms with Gasteiger partial charge < -0.3 is 9.73 Å². The second kappa shape index (κ2) is 6.10. The molecule has 0 saturated carbocycles. The van der Waals surface area contributed by atoms with Gasteiger partial charge in [-0.15, -0.1) is 0 Å². The molecule has 3 heteroatoms. The Morgan fingerprint density at radius 3 is 2.84 bits per heavy atom. The van der Waals surface area contributed by atoms with E-state index >= 15 is 0 Å². The molecule has 0 radical (unpaired) electrons. The number of likely N-dealkylation sites (tertiary alicyclic amines) is 1. The molecule has 0 unspecified atom stereocenters. The summed E-state index contributed by atoms with van der Waals surface area (Å²) in [5.41, 5.74) is 1.79. The van der Waals surface area contributed by atoms with Crippen LogP contribution in [-0.2, 0) is 13.1 Å². The minimum atomic E-state index is 0.505. The van der Waals surface area contributed by atoms with Crippen LogP contribution >= 0.6 is 0 Å². The molecule has 0 atom stereocenters. The molecular weight excluding hydrogens is 236 g/mol. The highest BCUT2D eigenvalue weighted by Gasteiger charge is 2.23. The van der Waals surface area contributed by atoms with Crippen LogP contribution < -0.4 is 5.32 Å². The van der Waals surface area contributed by atoms with Crippen molar-refractivity contribution in [3.05, 3.63) is 23.2 Å². The van der Waals surface area contributed by atoms with Crippen molar-refractivity contribution >= 4 is 0 Å². The molecule has 1 aliphatic heterocycles. The van der Waals surface area contributed by atoms with Crippen molar-refractivity contribution in [2.75, 3.05) is 20.1 Å². The molecule has 1 saturated heterocycles. The van der Waals surface area contributed by atoms with Gasteiger partial charge in [0.15, 0.2) is 0 Å². The summed E-state index contributed by atoms with van der Waals surface area (Å²) < 4.78 is 5.88. The quantitative estimate of drug-likeness (QED) is 0.904. The van der Waals surface area contributed by atoms with E-state index in [0.29, 0.717) is 5.41 Å². The van der Waals surface area contributed by atoms with Gasteiger partial charge in [-0.1, -0.05) is 13.8 Å². The van der Waals surface area contributed by atoms with Crippen molar-refractivity contribution in [3.63, 3.8) is 0 Å². The Hall–Kier alpha value is -0.800. The maximum atomic E-state index is 5.88. The van der Waals surface area contributed by atoms with Crippen molar-refractivity contribution < 1.29 is 4.42 Å². The average Bonchev–Trinajstić information content (AvgIpc) is 2.57. The zero-order valence-corrected chi connectivity index (χ0v) is 12.9. The van der Waals surface area contributed by atoms with Crippen LogP contribution in [0.3, 0.4) is 0 Å². The summed E-state index contributed by atoms with van der Waals surface area (Å²) in [6, 6.07) is 2.21. The van der Waals surface area contributed by atoms with Crippen LogP contribution in [0.1, 0.15) is 50.2 Å². The zero-order chi connectivity index (χ0) is 13.9. The topological polar surface area (TPSA) is 28.4 Å². The normalized spacial score (nSPS) is 20.4. The standard InChI is InChI=1S/C16H28N2O/c1-13-14(11-17-4)10-15(19-13)12-18-8-5-6-16(2,3)7-9-18/h10,17H,5-9,11-12H2,1-4H3. The molecule has 0 bridgehead atoms. The van der Waals surface area contributed by atoms with Crippen LogP contribution in [0.4, 0.5) is 0 Å². The monoisotopic (exact) mass is 264 g/mol. The highest BCUT2D eigenvalue weighted by atomic mass is 16.3. The van der Waals surface area contributed by atoms with Gasteiger partial charge in [-0.25, -0.2) is 0 Å². The molecule has 0 aromatic carbocycles. The van der Waals surface area contributed by atoms with E-state index in [-0.39, 0.29) is 0 Å². The van der Waals surface area contributed by atoms with Crippen LogP contribution in [0.25, 0.3) is 0 Å². The SMILES string of the molecule is CNCc1cc(CN2CCCC(C)(C)CC2)oc1C. The first-order valence-corrected chi connectivity index (χ1v) is 7.45. The average molecular weight is 264 g/mol. The number of rotatable bonds is 4. The van der Waals surface area contributed by atoms with Crippen LogP contribution in [0.2, 0.25) is 0 Å². The Labute approximate surface area is 117 Å². The smallest absolute Gasteiger partial charge is 0.118 e. The largest absolute Gasteiger partial charge is 0.465 e. The van der Waals surface area contributed by atoms with Gasteiger partial charge in [0.2, 0.25) is 0 Å². The van der Waals surface area contributed by atoms with Crippen LogP contribution in [0, 0.1) is 12.3 Å². The second-order valence-corrected chi connectivity index (χ2v) is 6.62. The molecule has 1 fully saturated rings. The Kier molecular flexibility index (Phi) is 4.69. The lowest BCUT2D eigenvalue weighted by molar-refractivity contribution is 0.237. The van der Waals surface area contributed by atoms with E-state index in [9.17, 15) is 0 Å². The molecule has 2 rings (SSSR count). The second-order valence-electron chi connectivity index (χ2n) is 6.62. The minimum absolute atomic E-state index is 0.505. The summed E-state index contributed by atoms with van der Waals surface area (Å²) in [6.45, 7) is 11.1.